The van der Waals surface area contributed by atoms with Crippen molar-refractivity contribution in [1.29, 1.82) is 0 Å². The van der Waals surface area contributed by atoms with Gasteiger partial charge in [-0.15, -0.1) is 23.1 Å². The minimum absolute atomic E-state index is 0.345. The Kier molecular flexibility index (Phi) is 8.59. The molecule has 1 saturated heterocycles. The molecule has 1 fully saturated rings. The summed E-state index contributed by atoms with van der Waals surface area (Å²) in [5.74, 6) is 0.895. The molecule has 0 saturated carbocycles. The number of rotatable bonds is 8. The van der Waals surface area contributed by atoms with E-state index >= 15 is 0 Å². The maximum absolute atomic E-state index is 11.8. The molecule has 3 rings (SSSR count). The number of aromatic nitrogens is 1. The average molecular weight is 466 g/mol. The van der Waals surface area contributed by atoms with Gasteiger partial charge in [0.05, 0.1) is 25.5 Å². The first kappa shape index (κ1) is 23.8. The summed E-state index contributed by atoms with van der Waals surface area (Å²) in [5, 5.41) is 5.59. The van der Waals surface area contributed by atoms with E-state index in [1.54, 1.807) is 11.8 Å². The van der Waals surface area contributed by atoms with E-state index in [0.29, 0.717) is 13.2 Å². The van der Waals surface area contributed by atoms with Gasteiger partial charge in [-0.05, 0) is 45.2 Å². The number of nitrogens with one attached hydrogen (secondary N) is 1. The van der Waals surface area contributed by atoms with Gasteiger partial charge in [0.25, 0.3) is 0 Å². The van der Waals surface area contributed by atoms with Crippen molar-refractivity contribution >= 4 is 29.2 Å². The number of amides is 1. The van der Waals surface area contributed by atoms with Crippen molar-refractivity contribution in [2.75, 3.05) is 45.7 Å². The van der Waals surface area contributed by atoms with E-state index in [4.69, 9.17) is 14.2 Å². The number of morpholine rings is 1. The lowest BCUT2D eigenvalue weighted by atomic mass is 10.1. The van der Waals surface area contributed by atoms with Gasteiger partial charge in [0.15, 0.2) is 0 Å². The van der Waals surface area contributed by atoms with Crippen LogP contribution in [0, 0.1) is 0 Å². The number of benzene rings is 1. The number of ether oxygens (including phenoxy) is 3. The highest BCUT2D eigenvalue weighted by Gasteiger charge is 2.16. The summed E-state index contributed by atoms with van der Waals surface area (Å²) in [5.41, 5.74) is 1.41. The molecule has 1 aliphatic heterocycles. The van der Waals surface area contributed by atoms with Gasteiger partial charge in [0.2, 0.25) is 0 Å². The maximum atomic E-state index is 11.8. The number of carbonyl (C=O) groups is 1. The fourth-order valence-electron chi connectivity index (χ4n) is 3.04. The number of hydrogen-bond donors (Lipinski definition) is 1. The quantitative estimate of drug-likeness (QED) is 0.584. The number of alkyl carbamates (subject to hydrolysis) is 1. The summed E-state index contributed by atoms with van der Waals surface area (Å²) >= 11 is 3.18. The molecule has 170 valence electrons. The van der Waals surface area contributed by atoms with Gasteiger partial charge in [0, 0.05) is 35.5 Å². The molecule has 2 aromatic rings. The molecule has 31 heavy (non-hydrogen) atoms. The smallest absolute Gasteiger partial charge is 0.408 e. The van der Waals surface area contributed by atoms with Crippen LogP contribution in [0.3, 0.4) is 0 Å². The molecule has 1 aliphatic rings. The summed E-state index contributed by atoms with van der Waals surface area (Å²) in [6.07, 6.45) is 1.61. The van der Waals surface area contributed by atoms with Crippen LogP contribution in [-0.2, 0) is 16.0 Å². The van der Waals surface area contributed by atoms with Crippen LogP contribution in [0.2, 0.25) is 0 Å². The average Bonchev–Trinajstić information content (AvgIpc) is 3.21. The molecule has 1 aromatic carbocycles. The summed E-state index contributed by atoms with van der Waals surface area (Å²) in [4.78, 5) is 19.9. The number of nitrogens with zero attached hydrogens (tertiary/aromatic N) is 2. The van der Waals surface area contributed by atoms with E-state index in [9.17, 15) is 4.79 Å². The second kappa shape index (κ2) is 11.2. The molecule has 0 bridgehead atoms. The van der Waals surface area contributed by atoms with Crippen LogP contribution in [0.5, 0.6) is 5.75 Å². The van der Waals surface area contributed by atoms with E-state index in [-0.39, 0.29) is 0 Å². The summed E-state index contributed by atoms with van der Waals surface area (Å²) in [6.45, 7) is 11.0. The Labute approximate surface area is 192 Å². The Morgan fingerprint density at radius 2 is 2.10 bits per heavy atom. The van der Waals surface area contributed by atoms with Crippen LogP contribution in [0.15, 0.2) is 28.5 Å². The topological polar surface area (TPSA) is 72.9 Å². The Bertz CT molecular complexity index is 861. The van der Waals surface area contributed by atoms with Crippen molar-refractivity contribution in [3.63, 3.8) is 0 Å². The van der Waals surface area contributed by atoms with E-state index in [2.05, 4.69) is 21.3 Å². The second-order valence-corrected chi connectivity index (χ2v) is 9.94. The highest BCUT2D eigenvalue weighted by atomic mass is 32.2. The third kappa shape index (κ3) is 7.68. The molecule has 0 atom stereocenters. The minimum atomic E-state index is -0.516. The Balaban J connectivity index is 1.56. The third-order valence-corrected chi connectivity index (χ3v) is 6.17. The summed E-state index contributed by atoms with van der Waals surface area (Å²) < 4.78 is 16.7. The van der Waals surface area contributed by atoms with E-state index in [1.165, 1.54) is 11.3 Å². The first-order valence-electron chi connectivity index (χ1n) is 10.4. The maximum Gasteiger partial charge on any atom is 0.408 e. The van der Waals surface area contributed by atoms with E-state index in [1.807, 2.05) is 44.5 Å². The van der Waals surface area contributed by atoms with Crippen molar-refractivity contribution in [3.8, 4) is 17.0 Å². The SMILES string of the molecule is CSc1cc(-c2csc(CNC(=O)OC(C)(C)C)n2)ccc1OCCN1CCOCC1. The monoisotopic (exact) mass is 465 g/mol. The third-order valence-electron chi connectivity index (χ3n) is 4.56. The summed E-state index contributed by atoms with van der Waals surface area (Å²) in [7, 11) is 0. The number of thiazole rings is 1. The molecule has 0 radical (unpaired) electrons. The molecule has 0 spiro atoms. The predicted molar refractivity (Wildman–Crippen MR) is 125 cm³/mol. The lowest BCUT2D eigenvalue weighted by Crippen LogP contribution is -2.38. The fraction of sp³-hybridized carbons (Fsp3) is 0.545. The van der Waals surface area contributed by atoms with Gasteiger partial charge < -0.3 is 19.5 Å². The van der Waals surface area contributed by atoms with Crippen molar-refractivity contribution in [2.45, 2.75) is 37.8 Å². The molecular weight excluding hydrogens is 434 g/mol. The van der Waals surface area contributed by atoms with Gasteiger partial charge >= 0.3 is 6.09 Å². The number of hydrogen-bond acceptors (Lipinski definition) is 8. The second-order valence-electron chi connectivity index (χ2n) is 8.15. The van der Waals surface area contributed by atoms with Crippen LogP contribution < -0.4 is 10.1 Å². The Morgan fingerprint density at radius 1 is 1.32 bits per heavy atom. The first-order chi connectivity index (χ1) is 14.8. The molecule has 0 aliphatic carbocycles. The van der Waals surface area contributed by atoms with Crippen LogP contribution in [0.25, 0.3) is 11.3 Å². The van der Waals surface area contributed by atoms with Gasteiger partial charge in [0.1, 0.15) is 23.0 Å². The van der Waals surface area contributed by atoms with Crippen molar-refractivity contribution in [1.82, 2.24) is 15.2 Å². The van der Waals surface area contributed by atoms with Gasteiger partial charge in [-0.3, -0.25) is 4.90 Å². The molecule has 7 nitrogen and oxygen atoms in total. The molecule has 1 amide bonds. The zero-order valence-corrected chi connectivity index (χ0v) is 20.2. The van der Waals surface area contributed by atoms with E-state index < -0.39 is 11.7 Å². The van der Waals surface area contributed by atoms with Crippen molar-refractivity contribution in [2.24, 2.45) is 0 Å². The molecular formula is C22H31N3O4S2. The van der Waals surface area contributed by atoms with E-state index in [0.717, 1.165) is 59.8 Å². The standard InChI is InChI=1S/C22H31N3O4S2/c1-22(2,3)29-21(26)23-14-20-24-17(15-31-20)16-5-6-18(19(13-16)30-4)28-12-9-25-7-10-27-11-8-25/h5-6,13,15H,7-12,14H2,1-4H3,(H,23,26). The molecule has 0 unspecified atom stereocenters. The minimum Gasteiger partial charge on any atom is -0.491 e. The van der Waals surface area contributed by atoms with Gasteiger partial charge in [-0.1, -0.05) is 0 Å². The van der Waals surface area contributed by atoms with Crippen molar-refractivity contribution < 1.29 is 19.0 Å². The molecule has 9 heteroatoms. The van der Waals surface area contributed by atoms with Crippen molar-refractivity contribution in [3.05, 3.63) is 28.6 Å². The Morgan fingerprint density at radius 3 is 2.81 bits per heavy atom. The molecule has 1 aromatic heterocycles. The lowest BCUT2D eigenvalue weighted by molar-refractivity contribution is 0.0321. The Hall–Kier alpha value is -1.81. The predicted octanol–water partition coefficient (Wildman–Crippen LogP) is 4.27. The highest BCUT2D eigenvalue weighted by molar-refractivity contribution is 7.98. The lowest BCUT2D eigenvalue weighted by Gasteiger charge is -2.26. The zero-order valence-electron chi connectivity index (χ0n) is 18.6. The van der Waals surface area contributed by atoms with Gasteiger partial charge in [-0.2, -0.15) is 0 Å². The highest BCUT2D eigenvalue weighted by Crippen LogP contribution is 2.33. The summed E-state index contributed by atoms with van der Waals surface area (Å²) in [6, 6.07) is 6.15. The van der Waals surface area contributed by atoms with Crippen LogP contribution in [0.4, 0.5) is 4.79 Å². The number of carbonyl (C=O) groups excluding carboxylic acids is 1. The largest absolute Gasteiger partial charge is 0.491 e. The van der Waals surface area contributed by atoms with Crippen LogP contribution in [-0.4, -0.2) is 67.3 Å². The first-order valence-corrected chi connectivity index (χ1v) is 12.5. The fourth-order valence-corrected chi connectivity index (χ4v) is 4.36. The van der Waals surface area contributed by atoms with Gasteiger partial charge in [-0.25, -0.2) is 9.78 Å². The van der Waals surface area contributed by atoms with Crippen LogP contribution >= 0.6 is 23.1 Å². The zero-order chi connectivity index (χ0) is 22.3. The molecule has 1 N–H and O–H groups in total. The molecule has 2 heterocycles. The number of thioether (sulfide) groups is 1. The normalized spacial score (nSPS) is 15.0. The van der Waals surface area contributed by atoms with Crippen LogP contribution in [0.1, 0.15) is 25.8 Å².